The Morgan fingerprint density at radius 3 is 2.67 bits per heavy atom. The van der Waals surface area contributed by atoms with Crippen LogP contribution in [-0.2, 0) is 4.79 Å². The van der Waals surface area contributed by atoms with Crippen LogP contribution in [0.25, 0.3) is 0 Å². The van der Waals surface area contributed by atoms with Crippen molar-refractivity contribution in [2.45, 2.75) is 12.5 Å². The van der Waals surface area contributed by atoms with Gasteiger partial charge in [0.1, 0.15) is 5.75 Å². The van der Waals surface area contributed by atoms with Crippen molar-refractivity contribution in [1.29, 1.82) is 0 Å². The lowest BCUT2D eigenvalue weighted by molar-refractivity contribution is -0.115. The Kier molecular flexibility index (Phi) is 6.61. The summed E-state index contributed by atoms with van der Waals surface area (Å²) < 4.78 is 5.17. The summed E-state index contributed by atoms with van der Waals surface area (Å²) in [7, 11) is 5.34. The first-order chi connectivity index (χ1) is 9.84. The van der Waals surface area contributed by atoms with Gasteiger partial charge in [-0.25, -0.2) is 0 Å². The summed E-state index contributed by atoms with van der Waals surface area (Å²) in [6, 6.07) is 7.22. The standard InChI is InChI=1S/C15H25N3O3/c1-15(20,11-18(2)3)10-16-9-14(19)17-12-7-5-6-8-13(12)21-4/h5-8,16,20H,9-11H2,1-4H3,(H,17,19). The van der Waals surface area contributed by atoms with E-state index in [2.05, 4.69) is 10.6 Å². The molecule has 0 bridgehead atoms. The van der Waals surface area contributed by atoms with Crippen molar-refractivity contribution in [3.05, 3.63) is 24.3 Å². The number of nitrogens with zero attached hydrogens (tertiary/aromatic N) is 1. The number of rotatable bonds is 8. The number of aliphatic hydroxyl groups is 1. The number of hydrogen-bond donors (Lipinski definition) is 3. The van der Waals surface area contributed by atoms with E-state index in [-0.39, 0.29) is 12.5 Å². The molecule has 0 radical (unpaired) electrons. The van der Waals surface area contributed by atoms with Crippen molar-refractivity contribution in [2.75, 3.05) is 46.2 Å². The zero-order valence-corrected chi connectivity index (χ0v) is 13.1. The average molecular weight is 295 g/mol. The highest BCUT2D eigenvalue weighted by Gasteiger charge is 2.21. The lowest BCUT2D eigenvalue weighted by Gasteiger charge is -2.27. The molecule has 118 valence electrons. The number of amides is 1. The summed E-state index contributed by atoms with van der Waals surface area (Å²) in [6.45, 7) is 2.72. The van der Waals surface area contributed by atoms with E-state index in [1.807, 2.05) is 31.1 Å². The smallest absolute Gasteiger partial charge is 0.238 e. The first-order valence-corrected chi connectivity index (χ1v) is 6.85. The van der Waals surface area contributed by atoms with Crippen molar-refractivity contribution in [1.82, 2.24) is 10.2 Å². The third-order valence-corrected chi connectivity index (χ3v) is 2.83. The molecule has 6 nitrogen and oxygen atoms in total. The summed E-state index contributed by atoms with van der Waals surface area (Å²) >= 11 is 0. The van der Waals surface area contributed by atoms with Crippen LogP contribution < -0.4 is 15.4 Å². The summed E-state index contributed by atoms with van der Waals surface area (Å²) in [5.74, 6) is 0.436. The van der Waals surface area contributed by atoms with Crippen LogP contribution in [0.2, 0.25) is 0 Å². The minimum Gasteiger partial charge on any atom is -0.495 e. The Bertz CT molecular complexity index is 461. The molecule has 0 saturated carbocycles. The van der Waals surface area contributed by atoms with Crippen molar-refractivity contribution < 1.29 is 14.6 Å². The van der Waals surface area contributed by atoms with E-state index in [9.17, 15) is 9.90 Å². The summed E-state index contributed by atoms with van der Waals surface area (Å²) in [5, 5.41) is 15.8. The lowest BCUT2D eigenvalue weighted by Crippen LogP contribution is -2.47. The number of likely N-dealkylation sites (N-methyl/N-ethyl adjacent to an activating group) is 1. The summed E-state index contributed by atoms with van der Waals surface area (Å²) in [6.07, 6.45) is 0. The van der Waals surface area contributed by atoms with E-state index in [0.29, 0.717) is 24.5 Å². The molecule has 1 atom stereocenters. The Balaban J connectivity index is 2.41. The molecular formula is C15H25N3O3. The maximum absolute atomic E-state index is 11.9. The van der Waals surface area contributed by atoms with Gasteiger partial charge in [-0.1, -0.05) is 12.1 Å². The van der Waals surface area contributed by atoms with Gasteiger partial charge in [0.2, 0.25) is 5.91 Å². The van der Waals surface area contributed by atoms with Gasteiger partial charge in [-0.15, -0.1) is 0 Å². The van der Waals surface area contributed by atoms with Gasteiger partial charge < -0.3 is 25.4 Å². The summed E-state index contributed by atoms with van der Waals surface area (Å²) in [4.78, 5) is 13.8. The van der Waals surface area contributed by atoms with Crippen LogP contribution in [0.4, 0.5) is 5.69 Å². The summed E-state index contributed by atoms with van der Waals surface area (Å²) in [5.41, 5.74) is -0.249. The van der Waals surface area contributed by atoms with Gasteiger partial charge in [-0.05, 0) is 33.2 Å². The van der Waals surface area contributed by atoms with Crippen LogP contribution in [0.15, 0.2) is 24.3 Å². The molecule has 6 heteroatoms. The van der Waals surface area contributed by atoms with E-state index >= 15 is 0 Å². The monoisotopic (exact) mass is 295 g/mol. The molecule has 0 fully saturated rings. The number of anilines is 1. The molecule has 1 amide bonds. The van der Waals surface area contributed by atoms with E-state index in [4.69, 9.17) is 4.74 Å². The second-order valence-corrected chi connectivity index (χ2v) is 5.59. The van der Waals surface area contributed by atoms with E-state index in [1.165, 1.54) is 0 Å². The molecule has 0 aliphatic carbocycles. The number of hydrogen-bond acceptors (Lipinski definition) is 5. The molecule has 0 saturated heterocycles. The molecule has 3 N–H and O–H groups in total. The minimum absolute atomic E-state index is 0.127. The Morgan fingerprint density at radius 1 is 1.38 bits per heavy atom. The van der Waals surface area contributed by atoms with Crippen molar-refractivity contribution in [3.63, 3.8) is 0 Å². The number of methoxy groups -OCH3 is 1. The number of nitrogens with one attached hydrogen (secondary N) is 2. The molecule has 0 heterocycles. The maximum atomic E-state index is 11.9. The number of ether oxygens (including phenoxy) is 1. The van der Waals surface area contributed by atoms with Gasteiger partial charge >= 0.3 is 0 Å². The van der Waals surface area contributed by atoms with Gasteiger partial charge in [0.15, 0.2) is 0 Å². The third kappa shape index (κ3) is 6.57. The normalized spacial score (nSPS) is 13.8. The van der Waals surface area contributed by atoms with Crippen molar-refractivity contribution in [3.8, 4) is 5.75 Å². The second kappa shape index (κ2) is 7.97. The molecule has 0 aliphatic heterocycles. The van der Waals surface area contributed by atoms with E-state index in [0.717, 1.165) is 0 Å². The Labute approximate surface area is 126 Å². The highest BCUT2D eigenvalue weighted by molar-refractivity contribution is 5.93. The van der Waals surface area contributed by atoms with Crippen molar-refractivity contribution in [2.24, 2.45) is 0 Å². The third-order valence-electron chi connectivity index (χ3n) is 2.83. The van der Waals surface area contributed by atoms with Gasteiger partial charge in [0.05, 0.1) is 24.9 Å². The van der Waals surface area contributed by atoms with Crippen LogP contribution in [0, 0.1) is 0 Å². The van der Waals surface area contributed by atoms with Crippen molar-refractivity contribution >= 4 is 11.6 Å². The van der Waals surface area contributed by atoms with Crippen LogP contribution in [0.5, 0.6) is 5.75 Å². The SMILES string of the molecule is COc1ccccc1NC(=O)CNCC(C)(O)CN(C)C. The molecule has 0 spiro atoms. The van der Waals surface area contributed by atoms with Gasteiger partial charge in [0.25, 0.3) is 0 Å². The Morgan fingerprint density at radius 2 is 2.05 bits per heavy atom. The first kappa shape index (κ1) is 17.4. The molecule has 1 aromatic carbocycles. The number of carbonyl (C=O) groups is 1. The fourth-order valence-corrected chi connectivity index (χ4v) is 2.12. The predicted molar refractivity (Wildman–Crippen MR) is 83.7 cm³/mol. The zero-order valence-electron chi connectivity index (χ0n) is 13.1. The van der Waals surface area contributed by atoms with Crippen LogP contribution >= 0.6 is 0 Å². The fourth-order valence-electron chi connectivity index (χ4n) is 2.12. The highest BCUT2D eigenvalue weighted by Crippen LogP contribution is 2.22. The zero-order chi connectivity index (χ0) is 15.9. The van der Waals surface area contributed by atoms with E-state index in [1.54, 1.807) is 26.2 Å². The fraction of sp³-hybridized carbons (Fsp3) is 0.533. The number of benzene rings is 1. The lowest BCUT2D eigenvalue weighted by atomic mass is 10.1. The molecule has 0 aliphatic rings. The molecule has 1 rings (SSSR count). The van der Waals surface area contributed by atoms with Crippen LogP contribution in [-0.4, -0.2) is 62.4 Å². The largest absolute Gasteiger partial charge is 0.495 e. The number of para-hydroxylation sites is 2. The van der Waals surface area contributed by atoms with Gasteiger partial charge in [-0.3, -0.25) is 4.79 Å². The highest BCUT2D eigenvalue weighted by atomic mass is 16.5. The minimum atomic E-state index is -0.881. The van der Waals surface area contributed by atoms with Gasteiger partial charge in [-0.2, -0.15) is 0 Å². The molecule has 21 heavy (non-hydrogen) atoms. The van der Waals surface area contributed by atoms with E-state index < -0.39 is 5.60 Å². The van der Waals surface area contributed by atoms with Crippen LogP contribution in [0.1, 0.15) is 6.92 Å². The predicted octanol–water partition coefficient (Wildman–Crippen LogP) is 0.536. The maximum Gasteiger partial charge on any atom is 0.238 e. The topological polar surface area (TPSA) is 73.8 Å². The Hall–Kier alpha value is -1.63. The van der Waals surface area contributed by atoms with Gasteiger partial charge in [0, 0.05) is 13.1 Å². The molecular weight excluding hydrogens is 270 g/mol. The number of carbonyl (C=O) groups excluding carboxylic acids is 1. The van der Waals surface area contributed by atoms with Crippen LogP contribution in [0.3, 0.4) is 0 Å². The molecule has 1 unspecified atom stereocenters. The quantitative estimate of drug-likeness (QED) is 0.653. The average Bonchev–Trinajstić information content (AvgIpc) is 2.37. The molecule has 1 aromatic rings. The molecule has 0 aromatic heterocycles. The first-order valence-electron chi connectivity index (χ1n) is 6.85. The second-order valence-electron chi connectivity index (χ2n) is 5.59.